The molecule has 3 aromatic rings. The first kappa shape index (κ1) is 18.1. The van der Waals surface area contributed by atoms with Crippen molar-refractivity contribution < 1.29 is 9.32 Å². The summed E-state index contributed by atoms with van der Waals surface area (Å²) in [7, 11) is 0. The van der Waals surface area contributed by atoms with Gasteiger partial charge in [-0.3, -0.25) is 9.69 Å². The van der Waals surface area contributed by atoms with Crippen molar-refractivity contribution in [1.82, 2.24) is 20.3 Å². The highest BCUT2D eigenvalue weighted by Gasteiger charge is 2.35. The summed E-state index contributed by atoms with van der Waals surface area (Å²) in [5, 5.41) is 13.1. The lowest BCUT2D eigenvalue weighted by atomic mass is 10.1. The van der Waals surface area contributed by atoms with Crippen molar-refractivity contribution in [2.24, 2.45) is 0 Å². The molecule has 7 nitrogen and oxygen atoms in total. The number of aryl methyl sites for hydroxylation is 1. The van der Waals surface area contributed by atoms with Gasteiger partial charge in [-0.15, -0.1) is 10.2 Å². The molecule has 1 aliphatic carbocycles. The smallest absolute Gasteiger partial charge is 0.237 e. The molecule has 0 aliphatic heterocycles. The Morgan fingerprint density at radius 3 is 2.78 bits per heavy atom. The lowest BCUT2D eigenvalue weighted by Crippen LogP contribution is -2.32. The molecule has 0 N–H and O–H groups in total. The van der Waals surface area contributed by atoms with Crippen LogP contribution in [-0.4, -0.2) is 32.3 Å². The van der Waals surface area contributed by atoms with Gasteiger partial charge in [-0.05, 0) is 19.8 Å². The number of amides is 1. The number of benzene rings is 1. The second kappa shape index (κ2) is 7.77. The Labute approximate surface area is 165 Å². The average Bonchev–Trinajstić information content (AvgIpc) is 3.20. The molecule has 4 rings (SSSR count). The Morgan fingerprint density at radius 2 is 2.07 bits per heavy atom. The van der Waals surface area contributed by atoms with Gasteiger partial charge in [0.15, 0.2) is 4.34 Å². The predicted molar refractivity (Wildman–Crippen MR) is 105 cm³/mol. The molecule has 0 unspecified atom stereocenters. The van der Waals surface area contributed by atoms with Crippen LogP contribution < -0.4 is 4.90 Å². The molecule has 0 bridgehead atoms. The summed E-state index contributed by atoms with van der Waals surface area (Å²) >= 11 is 2.92. The fraction of sp³-hybridized carbons (Fsp3) is 0.389. The van der Waals surface area contributed by atoms with E-state index in [2.05, 4.69) is 20.3 Å². The maximum absolute atomic E-state index is 12.2. The topological polar surface area (TPSA) is 85.0 Å². The van der Waals surface area contributed by atoms with Gasteiger partial charge in [-0.1, -0.05) is 65.0 Å². The van der Waals surface area contributed by atoms with Crippen molar-refractivity contribution in [1.29, 1.82) is 0 Å². The van der Waals surface area contributed by atoms with E-state index in [1.807, 2.05) is 38.1 Å². The molecular formula is C18H19N5O2S2. The lowest BCUT2D eigenvalue weighted by Gasteiger charge is -2.17. The Morgan fingerprint density at radius 1 is 1.30 bits per heavy atom. The van der Waals surface area contributed by atoms with Crippen molar-refractivity contribution in [2.45, 2.75) is 49.2 Å². The van der Waals surface area contributed by atoms with Gasteiger partial charge in [0.1, 0.15) is 0 Å². The fourth-order valence-corrected chi connectivity index (χ4v) is 4.35. The van der Waals surface area contributed by atoms with Gasteiger partial charge in [-0.2, -0.15) is 4.98 Å². The average molecular weight is 402 g/mol. The van der Waals surface area contributed by atoms with Crippen molar-refractivity contribution in [3.63, 3.8) is 0 Å². The van der Waals surface area contributed by atoms with Gasteiger partial charge in [0.25, 0.3) is 0 Å². The first-order valence-corrected chi connectivity index (χ1v) is 10.6. The van der Waals surface area contributed by atoms with E-state index in [1.54, 1.807) is 4.90 Å². The lowest BCUT2D eigenvalue weighted by molar-refractivity contribution is -0.118. The molecular weight excluding hydrogens is 382 g/mol. The van der Waals surface area contributed by atoms with Crippen molar-refractivity contribution in [3.8, 4) is 11.4 Å². The molecule has 2 aromatic heterocycles. The summed E-state index contributed by atoms with van der Waals surface area (Å²) in [6, 6.07) is 8.28. The molecule has 1 fully saturated rings. The highest BCUT2D eigenvalue weighted by molar-refractivity contribution is 8.00. The van der Waals surface area contributed by atoms with E-state index in [0.29, 0.717) is 29.0 Å². The molecule has 1 aromatic carbocycles. The van der Waals surface area contributed by atoms with Crippen LogP contribution in [0, 0.1) is 6.92 Å². The highest BCUT2D eigenvalue weighted by atomic mass is 32.2. The second-order valence-corrected chi connectivity index (χ2v) is 8.54. The fourth-order valence-electron chi connectivity index (χ4n) is 2.58. The Bertz CT molecular complexity index is 933. The standard InChI is InChI=1S/C18H19N5O2S2/c1-3-15(24)23(13-8-9-13)17-20-21-18(27-17)26-10-14-19-16(22-25-14)12-6-4-11(2)5-7-12/h4-7,13H,3,8-10H2,1-2H3. The van der Waals surface area contributed by atoms with E-state index in [1.165, 1.54) is 28.7 Å². The van der Waals surface area contributed by atoms with Crippen molar-refractivity contribution in [3.05, 3.63) is 35.7 Å². The first-order chi connectivity index (χ1) is 13.1. The number of thioether (sulfide) groups is 1. The van der Waals surface area contributed by atoms with Gasteiger partial charge in [0.2, 0.25) is 22.8 Å². The van der Waals surface area contributed by atoms with E-state index < -0.39 is 0 Å². The van der Waals surface area contributed by atoms with E-state index >= 15 is 0 Å². The van der Waals surface area contributed by atoms with Crippen molar-refractivity contribution >= 4 is 34.1 Å². The molecule has 140 valence electrons. The maximum Gasteiger partial charge on any atom is 0.237 e. The monoisotopic (exact) mass is 401 g/mol. The normalized spacial score (nSPS) is 13.7. The molecule has 0 saturated heterocycles. The van der Waals surface area contributed by atoms with Crippen LogP contribution >= 0.6 is 23.1 Å². The molecule has 1 saturated carbocycles. The summed E-state index contributed by atoms with van der Waals surface area (Å²) in [5.74, 6) is 1.73. The third kappa shape index (κ3) is 4.19. The minimum Gasteiger partial charge on any atom is -0.338 e. The first-order valence-electron chi connectivity index (χ1n) is 8.82. The van der Waals surface area contributed by atoms with E-state index in [4.69, 9.17) is 4.52 Å². The van der Waals surface area contributed by atoms with E-state index in [-0.39, 0.29) is 11.9 Å². The largest absolute Gasteiger partial charge is 0.338 e. The molecule has 9 heteroatoms. The minimum atomic E-state index is 0.102. The number of rotatable bonds is 7. The van der Waals surface area contributed by atoms with Crippen LogP contribution in [-0.2, 0) is 10.5 Å². The molecule has 0 atom stereocenters. The number of hydrogen-bond acceptors (Lipinski definition) is 8. The summed E-state index contributed by atoms with van der Waals surface area (Å²) in [6.07, 6.45) is 2.55. The predicted octanol–water partition coefficient (Wildman–Crippen LogP) is 4.09. The van der Waals surface area contributed by atoms with Gasteiger partial charge in [-0.25, -0.2) is 0 Å². The molecule has 1 amide bonds. The summed E-state index contributed by atoms with van der Waals surface area (Å²) in [6.45, 7) is 3.91. The molecule has 2 heterocycles. The maximum atomic E-state index is 12.2. The van der Waals surface area contributed by atoms with Crippen LogP contribution in [0.3, 0.4) is 0 Å². The summed E-state index contributed by atoms with van der Waals surface area (Å²) in [4.78, 5) is 18.4. The Balaban J connectivity index is 1.40. The van der Waals surface area contributed by atoms with Gasteiger partial charge in [0.05, 0.1) is 5.75 Å². The third-order valence-corrected chi connectivity index (χ3v) is 6.22. The van der Waals surface area contributed by atoms with Crippen LogP contribution in [0.25, 0.3) is 11.4 Å². The second-order valence-electron chi connectivity index (χ2n) is 6.37. The molecule has 1 aliphatic rings. The van der Waals surface area contributed by atoms with Crippen molar-refractivity contribution in [2.75, 3.05) is 4.90 Å². The Kier molecular flexibility index (Phi) is 5.22. The molecule has 0 radical (unpaired) electrons. The van der Waals surface area contributed by atoms with Crippen LogP contribution in [0.1, 0.15) is 37.6 Å². The molecule has 27 heavy (non-hydrogen) atoms. The zero-order valence-electron chi connectivity index (χ0n) is 15.1. The minimum absolute atomic E-state index is 0.102. The number of anilines is 1. The van der Waals surface area contributed by atoms with Crippen LogP contribution in [0.2, 0.25) is 0 Å². The Hall–Kier alpha value is -2.26. The summed E-state index contributed by atoms with van der Waals surface area (Å²) < 4.78 is 6.13. The SMILES string of the molecule is CCC(=O)N(c1nnc(SCc2nc(-c3ccc(C)cc3)no2)s1)C1CC1. The van der Waals surface area contributed by atoms with Crippen LogP contribution in [0.4, 0.5) is 5.13 Å². The number of carbonyl (C=O) groups is 1. The zero-order valence-corrected chi connectivity index (χ0v) is 16.7. The summed E-state index contributed by atoms with van der Waals surface area (Å²) in [5.41, 5.74) is 2.11. The number of carbonyl (C=O) groups excluding carboxylic acids is 1. The van der Waals surface area contributed by atoms with Crippen LogP contribution in [0.5, 0.6) is 0 Å². The van der Waals surface area contributed by atoms with E-state index in [0.717, 1.165) is 22.7 Å². The van der Waals surface area contributed by atoms with Crippen LogP contribution in [0.15, 0.2) is 33.1 Å². The highest BCUT2D eigenvalue weighted by Crippen LogP contribution is 2.36. The third-order valence-electron chi connectivity index (χ3n) is 4.18. The van der Waals surface area contributed by atoms with Gasteiger partial charge < -0.3 is 4.52 Å². The number of aromatic nitrogens is 4. The van der Waals surface area contributed by atoms with E-state index in [9.17, 15) is 4.79 Å². The number of hydrogen-bond donors (Lipinski definition) is 0. The van der Waals surface area contributed by atoms with Gasteiger partial charge in [0, 0.05) is 18.0 Å². The molecule has 0 spiro atoms. The quantitative estimate of drug-likeness (QED) is 0.435. The number of nitrogens with zero attached hydrogens (tertiary/aromatic N) is 5. The zero-order chi connectivity index (χ0) is 18.8. The van der Waals surface area contributed by atoms with Gasteiger partial charge >= 0.3 is 0 Å².